The Morgan fingerprint density at radius 2 is 2.07 bits per heavy atom. The third kappa shape index (κ3) is 1.62. The van der Waals surface area contributed by atoms with E-state index in [9.17, 15) is 4.79 Å². The maximum Gasteiger partial charge on any atom is 0.243 e. The summed E-state index contributed by atoms with van der Waals surface area (Å²) >= 11 is 0. The fraction of sp³-hybridized carbons (Fsp3) is 0.833. The zero-order chi connectivity index (χ0) is 11.1. The number of nitrogens with zero attached hydrogens (tertiary/aromatic N) is 2. The predicted octanol–water partition coefficient (Wildman–Crippen LogP) is 1.79. The number of amides is 1. The van der Waals surface area contributed by atoms with Gasteiger partial charge in [-0.1, -0.05) is 13.8 Å². The van der Waals surface area contributed by atoms with Crippen LogP contribution >= 0.6 is 0 Å². The maximum atomic E-state index is 12.2. The average molecular weight is 206 g/mol. The highest BCUT2D eigenvalue weighted by Gasteiger charge is 2.51. The first-order valence-electron chi connectivity index (χ1n) is 5.78. The van der Waals surface area contributed by atoms with Crippen molar-refractivity contribution in [2.24, 2.45) is 17.3 Å². The maximum absolute atomic E-state index is 12.2. The lowest BCUT2D eigenvalue weighted by Crippen LogP contribution is -2.49. The van der Waals surface area contributed by atoms with Gasteiger partial charge in [-0.05, 0) is 31.1 Å². The Hall–Kier alpha value is -1.04. The molecule has 0 spiro atoms. The zero-order valence-electron chi connectivity index (χ0n) is 9.49. The third-order valence-corrected chi connectivity index (χ3v) is 3.73. The van der Waals surface area contributed by atoms with Crippen LogP contribution in [-0.2, 0) is 4.79 Å². The number of carbonyl (C=O) groups is 1. The summed E-state index contributed by atoms with van der Waals surface area (Å²) in [6, 6.07) is 2.25. The van der Waals surface area contributed by atoms with Crippen LogP contribution in [-0.4, -0.2) is 23.9 Å². The monoisotopic (exact) mass is 206 g/mol. The second-order valence-electron chi connectivity index (χ2n) is 5.35. The van der Waals surface area contributed by atoms with Gasteiger partial charge in [-0.15, -0.1) is 0 Å². The lowest BCUT2D eigenvalue weighted by Gasteiger charge is -2.41. The van der Waals surface area contributed by atoms with Gasteiger partial charge in [-0.2, -0.15) is 5.26 Å². The number of nitriles is 1. The van der Waals surface area contributed by atoms with Crippen molar-refractivity contribution in [2.45, 2.75) is 33.1 Å². The molecule has 1 aliphatic heterocycles. The molecular formula is C12H18N2O. The molecule has 1 amide bonds. The highest BCUT2D eigenvalue weighted by molar-refractivity contribution is 5.86. The Labute approximate surface area is 91.1 Å². The molecule has 0 aromatic rings. The summed E-state index contributed by atoms with van der Waals surface area (Å²) in [5.74, 6) is 1.23. The van der Waals surface area contributed by atoms with Crippen molar-refractivity contribution >= 4 is 5.91 Å². The van der Waals surface area contributed by atoms with E-state index in [-0.39, 0.29) is 5.91 Å². The first-order valence-corrected chi connectivity index (χ1v) is 5.78. The number of rotatable bonds is 1. The minimum Gasteiger partial charge on any atom is -0.341 e. The van der Waals surface area contributed by atoms with E-state index in [0.29, 0.717) is 11.8 Å². The largest absolute Gasteiger partial charge is 0.341 e. The van der Waals surface area contributed by atoms with E-state index in [1.54, 1.807) is 0 Å². The third-order valence-electron chi connectivity index (χ3n) is 3.73. The number of hydrogen-bond donors (Lipinski definition) is 0. The second-order valence-corrected chi connectivity index (χ2v) is 5.35. The average Bonchev–Trinajstić information content (AvgIpc) is 2.58. The van der Waals surface area contributed by atoms with Crippen LogP contribution in [0.5, 0.6) is 0 Å². The van der Waals surface area contributed by atoms with E-state index in [4.69, 9.17) is 5.26 Å². The normalized spacial score (nSPS) is 39.7. The summed E-state index contributed by atoms with van der Waals surface area (Å²) < 4.78 is 0. The molecule has 3 heteroatoms. The molecule has 0 N–H and O–H groups in total. The summed E-state index contributed by atoms with van der Waals surface area (Å²) in [6.45, 7) is 5.96. The van der Waals surface area contributed by atoms with Crippen molar-refractivity contribution in [3.63, 3.8) is 0 Å². The Morgan fingerprint density at radius 1 is 1.40 bits per heavy atom. The van der Waals surface area contributed by atoms with Gasteiger partial charge in [0, 0.05) is 13.1 Å². The molecular weight excluding hydrogens is 188 g/mol. The lowest BCUT2D eigenvalue weighted by molar-refractivity contribution is -0.144. The molecule has 1 saturated carbocycles. The molecule has 2 rings (SSSR count). The molecule has 2 fully saturated rings. The molecule has 1 heterocycles. The zero-order valence-corrected chi connectivity index (χ0v) is 9.49. The van der Waals surface area contributed by atoms with Crippen LogP contribution in [0.3, 0.4) is 0 Å². The van der Waals surface area contributed by atoms with E-state index >= 15 is 0 Å². The summed E-state index contributed by atoms with van der Waals surface area (Å²) in [7, 11) is 0. The molecule has 82 valence electrons. The van der Waals surface area contributed by atoms with Gasteiger partial charge < -0.3 is 4.90 Å². The standard InChI is InChI=1S/C12H18N2O/c1-9-3-4-14(7-9)11(15)12(8-13)5-10(2)6-12/h9-10H,3-7H2,1-2H3. The van der Waals surface area contributed by atoms with Gasteiger partial charge in [0.2, 0.25) is 5.91 Å². The summed E-state index contributed by atoms with van der Waals surface area (Å²) in [5, 5.41) is 9.15. The number of carbonyl (C=O) groups excluding carboxylic acids is 1. The van der Waals surface area contributed by atoms with Gasteiger partial charge >= 0.3 is 0 Å². The molecule has 1 atom stereocenters. The minimum atomic E-state index is -0.663. The molecule has 1 unspecified atom stereocenters. The van der Waals surface area contributed by atoms with E-state index in [1.807, 2.05) is 4.90 Å². The van der Waals surface area contributed by atoms with E-state index < -0.39 is 5.41 Å². The summed E-state index contributed by atoms with van der Waals surface area (Å²) in [5.41, 5.74) is -0.663. The van der Waals surface area contributed by atoms with Gasteiger partial charge in [-0.3, -0.25) is 4.79 Å². The predicted molar refractivity (Wildman–Crippen MR) is 56.8 cm³/mol. The highest BCUT2D eigenvalue weighted by atomic mass is 16.2. The Bertz CT molecular complexity index is 312. The van der Waals surface area contributed by atoms with Crippen molar-refractivity contribution < 1.29 is 4.79 Å². The van der Waals surface area contributed by atoms with Crippen molar-refractivity contribution in [3.05, 3.63) is 0 Å². The van der Waals surface area contributed by atoms with Crippen LogP contribution in [0, 0.1) is 28.6 Å². The Kier molecular flexibility index (Phi) is 2.46. The molecule has 1 aliphatic carbocycles. The molecule has 0 bridgehead atoms. The highest BCUT2D eigenvalue weighted by Crippen LogP contribution is 2.46. The number of hydrogen-bond acceptors (Lipinski definition) is 2. The van der Waals surface area contributed by atoms with Crippen molar-refractivity contribution in [2.75, 3.05) is 13.1 Å². The van der Waals surface area contributed by atoms with Crippen molar-refractivity contribution in [1.82, 2.24) is 4.90 Å². The molecule has 0 aromatic heterocycles. The smallest absolute Gasteiger partial charge is 0.243 e. The fourth-order valence-electron chi connectivity index (χ4n) is 2.87. The van der Waals surface area contributed by atoms with Crippen LogP contribution in [0.2, 0.25) is 0 Å². The van der Waals surface area contributed by atoms with E-state index in [2.05, 4.69) is 19.9 Å². The van der Waals surface area contributed by atoms with Gasteiger partial charge in [0.25, 0.3) is 0 Å². The SMILES string of the molecule is CC1CCN(C(=O)C2(C#N)CC(C)C2)C1. The van der Waals surface area contributed by atoms with Crippen LogP contribution in [0.1, 0.15) is 33.1 Å². The van der Waals surface area contributed by atoms with Gasteiger partial charge in [0.1, 0.15) is 5.41 Å². The number of likely N-dealkylation sites (tertiary alicyclic amines) is 1. The molecule has 2 aliphatic rings. The summed E-state index contributed by atoms with van der Waals surface area (Å²) in [6.07, 6.45) is 2.60. The minimum absolute atomic E-state index is 0.0902. The van der Waals surface area contributed by atoms with Crippen molar-refractivity contribution in [1.29, 1.82) is 5.26 Å². The molecule has 1 saturated heterocycles. The Morgan fingerprint density at radius 3 is 2.47 bits per heavy atom. The fourth-order valence-corrected chi connectivity index (χ4v) is 2.87. The molecule has 15 heavy (non-hydrogen) atoms. The summed E-state index contributed by atoms with van der Waals surface area (Å²) in [4.78, 5) is 14.1. The van der Waals surface area contributed by atoms with Gasteiger partial charge in [0.15, 0.2) is 0 Å². The molecule has 3 nitrogen and oxygen atoms in total. The van der Waals surface area contributed by atoms with Crippen molar-refractivity contribution in [3.8, 4) is 6.07 Å². The first kappa shape index (κ1) is 10.5. The lowest BCUT2D eigenvalue weighted by atomic mass is 9.63. The van der Waals surface area contributed by atoms with Gasteiger partial charge in [-0.25, -0.2) is 0 Å². The van der Waals surface area contributed by atoms with E-state index in [1.165, 1.54) is 0 Å². The van der Waals surface area contributed by atoms with Crippen LogP contribution in [0.15, 0.2) is 0 Å². The van der Waals surface area contributed by atoms with Crippen LogP contribution in [0.4, 0.5) is 0 Å². The molecule has 0 radical (unpaired) electrons. The Balaban J connectivity index is 2.05. The van der Waals surface area contributed by atoms with Crippen LogP contribution < -0.4 is 0 Å². The topological polar surface area (TPSA) is 44.1 Å². The van der Waals surface area contributed by atoms with Gasteiger partial charge in [0.05, 0.1) is 6.07 Å². The second kappa shape index (κ2) is 3.52. The van der Waals surface area contributed by atoms with E-state index in [0.717, 1.165) is 32.4 Å². The molecule has 0 aromatic carbocycles. The quantitative estimate of drug-likeness (QED) is 0.656. The first-order chi connectivity index (χ1) is 7.07. The van der Waals surface area contributed by atoms with Crippen LogP contribution in [0.25, 0.3) is 0 Å².